The lowest BCUT2D eigenvalue weighted by Crippen LogP contribution is -2.51. The van der Waals surface area contributed by atoms with Crippen LogP contribution in [0.4, 0.5) is 4.79 Å². The van der Waals surface area contributed by atoms with Crippen molar-refractivity contribution >= 4 is 39.7 Å². The molecule has 56 heavy (non-hydrogen) atoms. The van der Waals surface area contributed by atoms with Crippen LogP contribution in [0.5, 0.6) is 0 Å². The molecule has 1 spiro atoms. The first-order valence-corrected chi connectivity index (χ1v) is 20.1. The molecule has 3 N–H and O–H groups in total. The van der Waals surface area contributed by atoms with Gasteiger partial charge in [-0.2, -0.15) is 0 Å². The molecule has 0 saturated carbocycles. The zero-order valence-corrected chi connectivity index (χ0v) is 33.2. The van der Waals surface area contributed by atoms with E-state index in [9.17, 15) is 14.4 Å². The van der Waals surface area contributed by atoms with E-state index in [0.717, 1.165) is 88.1 Å². The molecule has 5 aromatic rings. The smallest absolute Gasteiger partial charge is 0.407 e. The second kappa shape index (κ2) is 15.0. The predicted octanol–water partition coefficient (Wildman–Crippen LogP) is 7.79. The van der Waals surface area contributed by atoms with Gasteiger partial charge < -0.3 is 34.6 Å². The maximum atomic E-state index is 13.7. The molecule has 2 aromatic heterocycles. The molecular weight excluding hydrogens is 707 g/mol. The average Bonchev–Trinajstić information content (AvgIpc) is 4.06. The molecule has 3 amide bonds. The number of likely N-dealkylation sites (tertiary alicyclic amines) is 2. The Morgan fingerprint density at radius 1 is 0.893 bits per heavy atom. The molecule has 12 nitrogen and oxygen atoms in total. The van der Waals surface area contributed by atoms with Crippen LogP contribution in [-0.4, -0.2) is 87.1 Å². The summed E-state index contributed by atoms with van der Waals surface area (Å²) in [4.78, 5) is 60.2. The van der Waals surface area contributed by atoms with Crippen molar-refractivity contribution in [2.75, 3.05) is 33.4 Å². The number of hydrogen-bond donors (Lipinski definition) is 3. The Bertz CT molecular complexity index is 2250. The summed E-state index contributed by atoms with van der Waals surface area (Å²) in [5, 5.41) is 4.87. The maximum Gasteiger partial charge on any atom is 0.407 e. The second-order valence-electron chi connectivity index (χ2n) is 16.8. The number of carbonyl (C=O) groups excluding carboxylic acids is 3. The van der Waals surface area contributed by atoms with Gasteiger partial charge in [0.15, 0.2) is 0 Å². The molecule has 5 atom stereocenters. The molecule has 3 aliphatic heterocycles. The van der Waals surface area contributed by atoms with Crippen molar-refractivity contribution in [3.8, 4) is 22.4 Å². The third-order valence-corrected chi connectivity index (χ3v) is 12.5. The van der Waals surface area contributed by atoms with Crippen molar-refractivity contribution < 1.29 is 23.9 Å². The number of alkyl carbamates (subject to hydrolysis) is 1. The van der Waals surface area contributed by atoms with Gasteiger partial charge in [0.25, 0.3) is 0 Å². The lowest BCUT2D eigenvalue weighted by Gasteiger charge is -2.29. The van der Waals surface area contributed by atoms with E-state index in [2.05, 4.69) is 82.6 Å². The third-order valence-electron chi connectivity index (χ3n) is 12.5. The van der Waals surface area contributed by atoms with Gasteiger partial charge in [0, 0.05) is 36.4 Å². The van der Waals surface area contributed by atoms with Gasteiger partial charge in [-0.25, -0.2) is 14.8 Å². The van der Waals surface area contributed by atoms with Gasteiger partial charge in [0.1, 0.15) is 17.7 Å². The number of methoxy groups -OCH3 is 1. The minimum absolute atomic E-state index is 0.00250. The van der Waals surface area contributed by atoms with Crippen LogP contribution in [0.3, 0.4) is 0 Å². The van der Waals surface area contributed by atoms with Crippen LogP contribution in [-0.2, 0) is 19.1 Å². The van der Waals surface area contributed by atoms with Crippen molar-refractivity contribution in [2.45, 2.75) is 78.4 Å². The molecule has 0 bridgehead atoms. The molecule has 3 aliphatic rings. The van der Waals surface area contributed by atoms with Crippen LogP contribution in [0.1, 0.15) is 84.0 Å². The maximum absolute atomic E-state index is 13.7. The molecule has 3 saturated heterocycles. The van der Waals surface area contributed by atoms with E-state index in [1.165, 1.54) is 7.11 Å². The number of rotatable bonds is 9. The van der Waals surface area contributed by atoms with E-state index in [4.69, 9.17) is 19.4 Å². The first-order chi connectivity index (χ1) is 26.9. The number of aromatic amines is 2. The number of amides is 3. The highest BCUT2D eigenvalue weighted by molar-refractivity contribution is 6.05. The van der Waals surface area contributed by atoms with E-state index < -0.39 is 12.1 Å². The Morgan fingerprint density at radius 2 is 1.66 bits per heavy atom. The van der Waals surface area contributed by atoms with Crippen LogP contribution in [0.25, 0.3) is 44.2 Å². The standard InChI is InChI=1S/C44H53N7O5/c1-25(2)27(5)41(52)51-23-44(17-19-56-24-44)21-36(51)39-45-22-34(47-39)29-11-9-28(10-12-29)30-13-15-32-31(20-30)14-16-33-38(32)48-40(46-33)35-8-7-18-50(35)42(53)37(26(3)4)49-43(54)55-6/h9-16,20,22,25-27,35-37H,7-8,17-19,21,23-24H2,1-6H3,(H,45,47)(H,46,48)(H,49,54)/t27-,35-,36-,37-,44-/m0/s1. The lowest BCUT2D eigenvalue weighted by atomic mass is 9.85. The number of nitrogens with one attached hydrogen (secondary N) is 3. The third kappa shape index (κ3) is 6.93. The van der Waals surface area contributed by atoms with Gasteiger partial charge in [-0.3, -0.25) is 9.59 Å². The fourth-order valence-electron chi connectivity index (χ4n) is 8.87. The molecule has 294 valence electrons. The summed E-state index contributed by atoms with van der Waals surface area (Å²) in [7, 11) is 1.30. The molecule has 0 aliphatic carbocycles. The predicted molar refractivity (Wildman–Crippen MR) is 215 cm³/mol. The first-order valence-electron chi connectivity index (χ1n) is 20.1. The molecule has 5 heterocycles. The number of carbonyl (C=O) groups is 3. The molecule has 0 radical (unpaired) electrons. The number of ether oxygens (including phenoxy) is 2. The van der Waals surface area contributed by atoms with Gasteiger partial charge >= 0.3 is 6.09 Å². The monoisotopic (exact) mass is 759 g/mol. The fraction of sp³-hybridized carbons (Fsp3) is 0.477. The molecular formula is C44H53N7O5. The van der Waals surface area contributed by atoms with E-state index >= 15 is 0 Å². The highest BCUT2D eigenvalue weighted by atomic mass is 16.5. The van der Waals surface area contributed by atoms with Crippen molar-refractivity contribution in [2.24, 2.45) is 23.2 Å². The van der Waals surface area contributed by atoms with Crippen LogP contribution in [0, 0.1) is 23.2 Å². The zero-order chi connectivity index (χ0) is 39.3. The Hall–Kier alpha value is -5.23. The number of aromatic nitrogens is 4. The van der Waals surface area contributed by atoms with Crippen molar-refractivity contribution in [1.29, 1.82) is 0 Å². The van der Waals surface area contributed by atoms with Gasteiger partial charge in [-0.15, -0.1) is 0 Å². The van der Waals surface area contributed by atoms with E-state index in [1.54, 1.807) is 0 Å². The summed E-state index contributed by atoms with van der Waals surface area (Å²) in [6.07, 6.45) is 4.75. The van der Waals surface area contributed by atoms with E-state index in [0.29, 0.717) is 19.7 Å². The summed E-state index contributed by atoms with van der Waals surface area (Å²) in [6, 6.07) is 18.1. The molecule has 3 fully saturated rings. The number of nitrogens with zero attached hydrogens (tertiary/aromatic N) is 4. The summed E-state index contributed by atoms with van der Waals surface area (Å²) in [5.74, 6) is 1.76. The average molecular weight is 760 g/mol. The zero-order valence-electron chi connectivity index (χ0n) is 33.2. The Kier molecular flexibility index (Phi) is 10.1. The van der Waals surface area contributed by atoms with E-state index in [-0.39, 0.29) is 47.1 Å². The normalized spacial score (nSPS) is 22.2. The van der Waals surface area contributed by atoms with Crippen LogP contribution in [0.15, 0.2) is 60.8 Å². The first kappa shape index (κ1) is 37.7. The lowest BCUT2D eigenvalue weighted by molar-refractivity contribution is -0.138. The van der Waals surface area contributed by atoms with Crippen molar-refractivity contribution in [3.05, 3.63) is 72.4 Å². The van der Waals surface area contributed by atoms with Gasteiger partial charge in [-0.05, 0) is 71.7 Å². The second-order valence-corrected chi connectivity index (χ2v) is 16.8. The highest BCUT2D eigenvalue weighted by Crippen LogP contribution is 2.48. The van der Waals surface area contributed by atoms with E-state index in [1.807, 2.05) is 37.9 Å². The number of fused-ring (bicyclic) bond motifs is 3. The van der Waals surface area contributed by atoms with Crippen LogP contribution < -0.4 is 5.32 Å². The van der Waals surface area contributed by atoms with Crippen molar-refractivity contribution in [1.82, 2.24) is 35.1 Å². The van der Waals surface area contributed by atoms with Gasteiger partial charge in [0.05, 0.1) is 48.7 Å². The van der Waals surface area contributed by atoms with Crippen molar-refractivity contribution in [3.63, 3.8) is 0 Å². The molecule has 8 rings (SSSR count). The van der Waals surface area contributed by atoms with Gasteiger partial charge in [0.2, 0.25) is 11.8 Å². The molecule has 3 aromatic carbocycles. The van der Waals surface area contributed by atoms with Crippen LogP contribution >= 0.6 is 0 Å². The number of hydrogen-bond acceptors (Lipinski definition) is 7. The quantitative estimate of drug-likeness (QED) is 0.139. The number of benzene rings is 3. The highest BCUT2D eigenvalue weighted by Gasteiger charge is 2.50. The summed E-state index contributed by atoms with van der Waals surface area (Å²) in [6.45, 7) is 12.8. The van der Waals surface area contributed by atoms with Crippen LogP contribution in [0.2, 0.25) is 0 Å². The van der Waals surface area contributed by atoms with Gasteiger partial charge in [-0.1, -0.05) is 77.1 Å². The fourth-order valence-corrected chi connectivity index (χ4v) is 8.87. The summed E-state index contributed by atoms with van der Waals surface area (Å²) >= 11 is 0. The Morgan fingerprint density at radius 3 is 2.38 bits per heavy atom. The Labute approximate surface area is 327 Å². The summed E-state index contributed by atoms with van der Waals surface area (Å²) < 4.78 is 10.6. The molecule has 12 heteroatoms. The summed E-state index contributed by atoms with van der Waals surface area (Å²) in [5.41, 5.74) is 5.94. The Balaban J connectivity index is 1.00. The number of imidazole rings is 2. The minimum Gasteiger partial charge on any atom is -0.453 e. The largest absolute Gasteiger partial charge is 0.453 e. The topological polar surface area (TPSA) is 146 Å². The SMILES string of the molecule is COC(=O)N[C@H](C(=O)N1CCC[C@H]1c1nc2ccc3cc(-c4ccc(-c5cnc([C@@H]6C[C@@]7(CCOC7)CN6C(=O)[C@@H](C)C(C)C)[nH]5)cc4)ccc3c2[nH]1)C(C)C. The molecule has 0 unspecified atom stereocenters. The minimum atomic E-state index is -0.684. The number of H-pyrrole nitrogens is 2.